The topological polar surface area (TPSA) is 33.7 Å². The third-order valence-corrected chi connectivity index (χ3v) is 4.78. The van der Waals surface area contributed by atoms with Gasteiger partial charge in [-0.15, -0.1) is 0 Å². The van der Waals surface area contributed by atoms with E-state index in [1.54, 1.807) is 14.2 Å². The molecule has 1 aliphatic heterocycles. The van der Waals surface area contributed by atoms with Crippen LogP contribution in [0, 0.1) is 0 Å². The molecule has 0 radical (unpaired) electrons. The van der Waals surface area contributed by atoms with Crippen LogP contribution in [0.3, 0.4) is 0 Å². The average molecular weight is 341 g/mol. The summed E-state index contributed by atoms with van der Waals surface area (Å²) in [6.07, 6.45) is 5.01. The van der Waals surface area contributed by atoms with Crippen molar-refractivity contribution in [3.05, 3.63) is 22.7 Å². The van der Waals surface area contributed by atoms with Crippen molar-refractivity contribution in [1.29, 1.82) is 0 Å². The van der Waals surface area contributed by atoms with Crippen LogP contribution in [0.1, 0.15) is 38.2 Å². The number of nitrogens with one attached hydrogen (secondary N) is 1. The molecule has 4 nitrogen and oxygen atoms in total. The first-order valence-electron chi connectivity index (χ1n) is 8.54. The zero-order valence-electron chi connectivity index (χ0n) is 14.5. The molecule has 0 atom stereocenters. The molecule has 1 aliphatic rings. The zero-order valence-corrected chi connectivity index (χ0v) is 15.3. The van der Waals surface area contributed by atoms with Crippen molar-refractivity contribution < 1.29 is 9.47 Å². The van der Waals surface area contributed by atoms with Gasteiger partial charge in [-0.2, -0.15) is 0 Å². The van der Waals surface area contributed by atoms with Crippen molar-refractivity contribution >= 4 is 11.6 Å². The van der Waals surface area contributed by atoms with Crippen LogP contribution in [0.5, 0.6) is 11.5 Å². The van der Waals surface area contributed by atoms with Gasteiger partial charge in [-0.25, -0.2) is 0 Å². The van der Waals surface area contributed by atoms with E-state index in [2.05, 4.69) is 17.1 Å². The molecule has 0 unspecified atom stereocenters. The molecular weight excluding hydrogens is 312 g/mol. The predicted octanol–water partition coefficient (Wildman–Crippen LogP) is 3.71. The Morgan fingerprint density at radius 1 is 1.22 bits per heavy atom. The van der Waals surface area contributed by atoms with Crippen LogP contribution in [0.15, 0.2) is 12.1 Å². The van der Waals surface area contributed by atoms with E-state index in [0.29, 0.717) is 22.6 Å². The minimum atomic E-state index is 0.583. The van der Waals surface area contributed by atoms with Crippen molar-refractivity contribution in [3.63, 3.8) is 0 Å². The minimum absolute atomic E-state index is 0.583. The lowest BCUT2D eigenvalue weighted by Gasteiger charge is -2.32. The molecule has 1 saturated heterocycles. The fourth-order valence-corrected chi connectivity index (χ4v) is 3.39. The van der Waals surface area contributed by atoms with Crippen molar-refractivity contribution in [2.24, 2.45) is 0 Å². The molecule has 0 aliphatic carbocycles. The van der Waals surface area contributed by atoms with Gasteiger partial charge in [0.25, 0.3) is 0 Å². The van der Waals surface area contributed by atoms with Gasteiger partial charge in [0.05, 0.1) is 19.2 Å². The van der Waals surface area contributed by atoms with Gasteiger partial charge < -0.3 is 19.7 Å². The summed E-state index contributed by atoms with van der Waals surface area (Å²) in [5, 5.41) is 4.24. The SMILES string of the molecule is CCCCN1CCC(NCc2cc(Cl)c(OC)c(OC)c2)CC1. The van der Waals surface area contributed by atoms with Crippen molar-refractivity contribution in [2.75, 3.05) is 33.9 Å². The molecule has 23 heavy (non-hydrogen) atoms. The second kappa shape index (κ2) is 9.36. The molecular formula is C18H29ClN2O2. The molecule has 0 amide bonds. The first-order valence-corrected chi connectivity index (χ1v) is 8.91. The Kier molecular flexibility index (Phi) is 7.47. The quantitative estimate of drug-likeness (QED) is 0.782. The smallest absolute Gasteiger partial charge is 0.179 e. The van der Waals surface area contributed by atoms with Gasteiger partial charge in [0.15, 0.2) is 11.5 Å². The number of hydrogen-bond donors (Lipinski definition) is 1. The van der Waals surface area contributed by atoms with E-state index in [-0.39, 0.29) is 0 Å². The van der Waals surface area contributed by atoms with Crippen LogP contribution >= 0.6 is 11.6 Å². The molecule has 1 aromatic rings. The van der Waals surface area contributed by atoms with E-state index < -0.39 is 0 Å². The van der Waals surface area contributed by atoms with Crippen LogP contribution < -0.4 is 14.8 Å². The third-order valence-electron chi connectivity index (χ3n) is 4.50. The maximum atomic E-state index is 6.26. The molecule has 1 aromatic carbocycles. The Balaban J connectivity index is 1.84. The molecule has 0 saturated carbocycles. The molecule has 130 valence electrons. The van der Waals surface area contributed by atoms with Gasteiger partial charge >= 0.3 is 0 Å². The van der Waals surface area contributed by atoms with Gasteiger partial charge in [0.1, 0.15) is 0 Å². The highest BCUT2D eigenvalue weighted by molar-refractivity contribution is 6.32. The zero-order chi connectivity index (χ0) is 16.7. The Morgan fingerprint density at radius 3 is 2.57 bits per heavy atom. The van der Waals surface area contributed by atoms with Crippen LogP contribution in [0.25, 0.3) is 0 Å². The van der Waals surface area contributed by atoms with E-state index >= 15 is 0 Å². The highest BCUT2D eigenvalue weighted by Crippen LogP contribution is 2.36. The number of hydrogen-bond acceptors (Lipinski definition) is 4. The Morgan fingerprint density at radius 2 is 1.96 bits per heavy atom. The Bertz CT molecular complexity index is 488. The van der Waals surface area contributed by atoms with E-state index in [4.69, 9.17) is 21.1 Å². The van der Waals surface area contributed by atoms with E-state index in [0.717, 1.165) is 12.1 Å². The first kappa shape index (κ1) is 18.4. The van der Waals surface area contributed by atoms with Crippen LogP contribution in [-0.4, -0.2) is 44.8 Å². The fraction of sp³-hybridized carbons (Fsp3) is 0.667. The predicted molar refractivity (Wildman–Crippen MR) is 95.8 cm³/mol. The van der Waals surface area contributed by atoms with Crippen molar-refractivity contribution in [3.8, 4) is 11.5 Å². The first-order chi connectivity index (χ1) is 11.2. The second-order valence-electron chi connectivity index (χ2n) is 6.16. The third kappa shape index (κ3) is 5.27. The number of halogens is 1. The van der Waals surface area contributed by atoms with Crippen LogP contribution in [0.2, 0.25) is 5.02 Å². The Hall–Kier alpha value is -0.970. The Labute approximate surface area is 145 Å². The molecule has 0 spiro atoms. The molecule has 2 rings (SSSR count). The van der Waals surface area contributed by atoms with Crippen LogP contribution in [0.4, 0.5) is 0 Å². The summed E-state index contributed by atoms with van der Waals surface area (Å²) >= 11 is 6.26. The normalized spacial score (nSPS) is 16.5. The van der Waals surface area contributed by atoms with Gasteiger partial charge in [0.2, 0.25) is 0 Å². The summed E-state index contributed by atoms with van der Waals surface area (Å²) in [5.41, 5.74) is 1.13. The van der Waals surface area contributed by atoms with E-state index in [1.807, 2.05) is 12.1 Å². The lowest BCUT2D eigenvalue weighted by atomic mass is 10.0. The van der Waals surface area contributed by atoms with Crippen molar-refractivity contribution in [1.82, 2.24) is 10.2 Å². The lowest BCUT2D eigenvalue weighted by Crippen LogP contribution is -2.42. The summed E-state index contributed by atoms with van der Waals surface area (Å²) in [5.74, 6) is 1.29. The maximum Gasteiger partial charge on any atom is 0.179 e. The largest absolute Gasteiger partial charge is 0.493 e. The maximum absolute atomic E-state index is 6.26. The van der Waals surface area contributed by atoms with E-state index in [1.165, 1.54) is 45.3 Å². The number of benzene rings is 1. The lowest BCUT2D eigenvalue weighted by molar-refractivity contribution is 0.195. The molecule has 0 bridgehead atoms. The molecule has 5 heteroatoms. The number of piperidine rings is 1. The summed E-state index contributed by atoms with van der Waals surface area (Å²) < 4.78 is 10.6. The number of ether oxygens (including phenoxy) is 2. The second-order valence-corrected chi connectivity index (χ2v) is 6.57. The van der Waals surface area contributed by atoms with Crippen molar-refractivity contribution in [2.45, 2.75) is 45.2 Å². The average Bonchev–Trinajstić information content (AvgIpc) is 2.58. The number of likely N-dealkylation sites (tertiary alicyclic amines) is 1. The molecule has 1 N–H and O–H groups in total. The highest BCUT2D eigenvalue weighted by Gasteiger charge is 2.18. The summed E-state index contributed by atoms with van der Waals surface area (Å²) in [7, 11) is 3.24. The van der Waals surface area contributed by atoms with E-state index in [9.17, 15) is 0 Å². The van der Waals surface area contributed by atoms with Crippen LogP contribution in [-0.2, 0) is 6.54 Å². The number of unbranched alkanes of at least 4 members (excludes halogenated alkanes) is 1. The summed E-state index contributed by atoms with van der Waals surface area (Å²) in [6, 6.07) is 4.53. The van der Waals surface area contributed by atoms with Gasteiger partial charge in [0, 0.05) is 12.6 Å². The minimum Gasteiger partial charge on any atom is -0.493 e. The molecule has 1 fully saturated rings. The monoisotopic (exact) mass is 340 g/mol. The summed E-state index contributed by atoms with van der Waals surface area (Å²) in [4.78, 5) is 2.58. The van der Waals surface area contributed by atoms with Gasteiger partial charge in [-0.05, 0) is 56.6 Å². The number of nitrogens with zero attached hydrogens (tertiary/aromatic N) is 1. The van der Waals surface area contributed by atoms with Gasteiger partial charge in [-0.3, -0.25) is 0 Å². The molecule has 0 aromatic heterocycles. The standard InChI is InChI=1S/C18H29ClN2O2/c1-4-5-8-21-9-6-15(7-10-21)20-13-14-11-16(19)18(23-3)17(12-14)22-2/h11-12,15,20H,4-10,13H2,1-3H3. The number of methoxy groups -OCH3 is 2. The summed E-state index contributed by atoms with van der Waals surface area (Å²) in [6.45, 7) is 6.70. The fourth-order valence-electron chi connectivity index (χ4n) is 3.08. The highest BCUT2D eigenvalue weighted by atomic mass is 35.5. The number of rotatable bonds is 8. The van der Waals surface area contributed by atoms with Gasteiger partial charge in [-0.1, -0.05) is 24.9 Å². The molecule has 1 heterocycles.